The van der Waals surface area contributed by atoms with Gasteiger partial charge < -0.3 is 0 Å². The smallest absolute Gasteiger partial charge is 0.267 e. The van der Waals surface area contributed by atoms with E-state index in [2.05, 4.69) is 6.07 Å². The van der Waals surface area contributed by atoms with E-state index in [4.69, 9.17) is 21.8 Å². The molecular formula is C18H16ClN3OS2. The summed E-state index contributed by atoms with van der Waals surface area (Å²) in [5.74, 6) is 0.739. The number of halogens is 1. The van der Waals surface area contributed by atoms with Crippen LogP contribution in [0.4, 0.5) is 0 Å². The van der Waals surface area contributed by atoms with Crippen molar-refractivity contribution in [2.24, 2.45) is 0 Å². The first kappa shape index (κ1) is 18.0. The number of thioether (sulfide) groups is 1. The average molecular weight is 390 g/mol. The monoisotopic (exact) mass is 389 g/mol. The highest BCUT2D eigenvalue weighted by atomic mass is 35.5. The van der Waals surface area contributed by atoms with Gasteiger partial charge in [0.15, 0.2) is 5.16 Å². The zero-order chi connectivity index (χ0) is 18.0. The Bertz CT molecular complexity index is 1020. The zero-order valence-electron chi connectivity index (χ0n) is 13.9. The Morgan fingerprint density at radius 2 is 2.04 bits per heavy atom. The highest BCUT2D eigenvalue weighted by Crippen LogP contribution is 2.30. The molecule has 0 fully saturated rings. The lowest BCUT2D eigenvalue weighted by atomic mass is 10.2. The fourth-order valence-electron chi connectivity index (χ4n) is 2.50. The normalized spacial score (nSPS) is 11.0. The molecule has 0 saturated carbocycles. The van der Waals surface area contributed by atoms with Crippen molar-refractivity contribution in [1.29, 1.82) is 5.26 Å². The second kappa shape index (κ2) is 7.61. The molecule has 3 aromatic rings. The molecule has 2 heterocycles. The van der Waals surface area contributed by atoms with Gasteiger partial charge in [-0.3, -0.25) is 9.36 Å². The number of nitrogens with zero attached hydrogens (tertiary/aromatic N) is 3. The fraction of sp³-hybridized carbons (Fsp3) is 0.278. The molecule has 4 nitrogen and oxygen atoms in total. The van der Waals surface area contributed by atoms with Crippen molar-refractivity contribution in [1.82, 2.24) is 9.55 Å². The highest BCUT2D eigenvalue weighted by Gasteiger charge is 2.17. The summed E-state index contributed by atoms with van der Waals surface area (Å²) < 4.78 is 1.65. The van der Waals surface area contributed by atoms with Crippen LogP contribution in [-0.2, 0) is 0 Å². The lowest BCUT2D eigenvalue weighted by Crippen LogP contribution is -2.21. The van der Waals surface area contributed by atoms with Crippen molar-refractivity contribution >= 4 is 44.9 Å². The van der Waals surface area contributed by atoms with E-state index in [0.717, 1.165) is 33.1 Å². The van der Waals surface area contributed by atoms with Crippen LogP contribution in [0.25, 0.3) is 15.9 Å². The molecule has 0 aliphatic rings. The summed E-state index contributed by atoms with van der Waals surface area (Å²) in [6, 6.07) is 9.33. The molecule has 3 rings (SSSR count). The largest absolute Gasteiger partial charge is 0.268 e. The number of nitriles is 1. The van der Waals surface area contributed by atoms with Crippen LogP contribution < -0.4 is 5.56 Å². The van der Waals surface area contributed by atoms with E-state index in [1.807, 2.05) is 26.0 Å². The second-order valence-electron chi connectivity index (χ2n) is 5.58. The van der Waals surface area contributed by atoms with Crippen molar-refractivity contribution in [2.45, 2.75) is 31.8 Å². The number of fused-ring (bicyclic) bond motifs is 1. The molecule has 0 aliphatic heterocycles. The van der Waals surface area contributed by atoms with Crippen LogP contribution in [0.15, 0.2) is 34.2 Å². The summed E-state index contributed by atoms with van der Waals surface area (Å²) in [6.07, 6.45) is 1.26. The molecule has 0 amide bonds. The second-order valence-corrected chi connectivity index (χ2v) is 8.29. The Kier molecular flexibility index (Phi) is 5.48. The number of aromatic nitrogens is 2. The van der Waals surface area contributed by atoms with Crippen LogP contribution in [0.5, 0.6) is 0 Å². The summed E-state index contributed by atoms with van der Waals surface area (Å²) in [4.78, 5) is 19.8. The molecule has 0 radical (unpaired) electrons. The van der Waals surface area contributed by atoms with E-state index in [1.54, 1.807) is 28.0 Å². The van der Waals surface area contributed by atoms with E-state index < -0.39 is 0 Å². The Hall–Kier alpha value is -1.81. The van der Waals surface area contributed by atoms with Crippen LogP contribution in [0.3, 0.4) is 0 Å². The summed E-state index contributed by atoms with van der Waals surface area (Å²) >= 11 is 9.03. The van der Waals surface area contributed by atoms with Gasteiger partial charge in [0.2, 0.25) is 0 Å². The predicted molar refractivity (Wildman–Crippen MR) is 105 cm³/mol. The summed E-state index contributed by atoms with van der Waals surface area (Å²) in [5.41, 5.74) is 1.67. The van der Waals surface area contributed by atoms with Crippen LogP contribution in [0.1, 0.15) is 23.3 Å². The molecule has 2 aromatic heterocycles. The lowest BCUT2D eigenvalue weighted by molar-refractivity contribution is 0.819. The van der Waals surface area contributed by atoms with E-state index in [0.29, 0.717) is 22.0 Å². The van der Waals surface area contributed by atoms with Crippen LogP contribution >= 0.6 is 34.7 Å². The summed E-state index contributed by atoms with van der Waals surface area (Å²) in [5, 5.41) is 10.7. The van der Waals surface area contributed by atoms with Crippen molar-refractivity contribution < 1.29 is 0 Å². The first-order valence-electron chi connectivity index (χ1n) is 7.81. The lowest BCUT2D eigenvalue weighted by Gasteiger charge is -2.12. The number of unbranched alkanes of at least 4 members (excludes halogenated alkanes) is 1. The van der Waals surface area contributed by atoms with E-state index >= 15 is 0 Å². The molecule has 1 aromatic carbocycles. The Morgan fingerprint density at radius 1 is 1.32 bits per heavy atom. The molecule has 0 bridgehead atoms. The predicted octanol–water partition coefficient (Wildman–Crippen LogP) is 5.11. The molecule has 0 unspecified atom stereocenters. The Labute approximate surface area is 159 Å². The van der Waals surface area contributed by atoms with Gasteiger partial charge in [-0.05, 0) is 50.1 Å². The molecule has 0 saturated heterocycles. The maximum Gasteiger partial charge on any atom is 0.267 e. The third-order valence-electron chi connectivity index (χ3n) is 3.92. The number of aryl methyl sites for hydroxylation is 2. The zero-order valence-corrected chi connectivity index (χ0v) is 16.3. The number of thiophene rings is 1. The summed E-state index contributed by atoms with van der Waals surface area (Å²) in [7, 11) is 0. The van der Waals surface area contributed by atoms with Gasteiger partial charge in [-0.2, -0.15) is 5.26 Å². The minimum Gasteiger partial charge on any atom is -0.268 e. The van der Waals surface area contributed by atoms with Crippen molar-refractivity contribution in [2.75, 3.05) is 5.75 Å². The topological polar surface area (TPSA) is 58.7 Å². The van der Waals surface area contributed by atoms with Gasteiger partial charge in [-0.1, -0.05) is 23.4 Å². The third-order valence-corrected chi connectivity index (χ3v) is 6.30. The average Bonchev–Trinajstić information content (AvgIpc) is 2.87. The SMILES string of the molecule is Cc1sc2nc(SCCCC#N)n(-c3ccc(Cl)cc3)c(=O)c2c1C. The Balaban J connectivity index is 2.17. The summed E-state index contributed by atoms with van der Waals surface area (Å²) in [6.45, 7) is 3.97. The highest BCUT2D eigenvalue weighted by molar-refractivity contribution is 7.99. The fourth-order valence-corrected chi connectivity index (χ4v) is 4.65. The van der Waals surface area contributed by atoms with Gasteiger partial charge in [0.1, 0.15) is 4.83 Å². The van der Waals surface area contributed by atoms with Gasteiger partial charge in [0.05, 0.1) is 17.1 Å². The van der Waals surface area contributed by atoms with Gasteiger partial charge >= 0.3 is 0 Å². The molecule has 25 heavy (non-hydrogen) atoms. The van der Waals surface area contributed by atoms with E-state index in [-0.39, 0.29) is 5.56 Å². The van der Waals surface area contributed by atoms with E-state index in [1.165, 1.54) is 11.8 Å². The van der Waals surface area contributed by atoms with Gasteiger partial charge in [-0.15, -0.1) is 11.3 Å². The molecular weight excluding hydrogens is 374 g/mol. The first-order chi connectivity index (χ1) is 12.0. The minimum absolute atomic E-state index is 0.0584. The van der Waals surface area contributed by atoms with Gasteiger partial charge in [0.25, 0.3) is 5.56 Å². The molecule has 0 spiro atoms. The van der Waals surface area contributed by atoms with Gasteiger partial charge in [0, 0.05) is 22.1 Å². The number of hydrogen-bond acceptors (Lipinski definition) is 5. The third kappa shape index (κ3) is 3.59. The number of benzene rings is 1. The van der Waals surface area contributed by atoms with Crippen molar-refractivity contribution in [3.63, 3.8) is 0 Å². The molecule has 0 aliphatic carbocycles. The van der Waals surface area contributed by atoms with Crippen LogP contribution in [0, 0.1) is 25.2 Å². The minimum atomic E-state index is -0.0584. The van der Waals surface area contributed by atoms with E-state index in [9.17, 15) is 4.79 Å². The maximum absolute atomic E-state index is 13.2. The number of rotatable bonds is 5. The molecule has 7 heteroatoms. The van der Waals surface area contributed by atoms with Crippen LogP contribution in [-0.4, -0.2) is 15.3 Å². The Morgan fingerprint density at radius 3 is 2.72 bits per heavy atom. The van der Waals surface area contributed by atoms with Crippen molar-refractivity contribution in [3.05, 3.63) is 50.1 Å². The van der Waals surface area contributed by atoms with Gasteiger partial charge in [-0.25, -0.2) is 4.98 Å². The molecule has 0 N–H and O–H groups in total. The maximum atomic E-state index is 13.2. The van der Waals surface area contributed by atoms with Crippen LogP contribution in [0.2, 0.25) is 5.02 Å². The first-order valence-corrected chi connectivity index (χ1v) is 9.99. The molecule has 128 valence electrons. The van der Waals surface area contributed by atoms with Crippen molar-refractivity contribution in [3.8, 4) is 11.8 Å². The molecule has 0 atom stereocenters. The quantitative estimate of drug-likeness (QED) is 0.345. The number of hydrogen-bond donors (Lipinski definition) is 0. The standard InChI is InChI=1S/C18H16ClN3OS2/c1-11-12(2)25-16-15(11)17(23)22(14-7-5-13(19)6-8-14)18(21-16)24-10-4-3-9-20/h5-8H,3-4,10H2,1-2H3.